The van der Waals surface area contributed by atoms with Crippen molar-refractivity contribution < 1.29 is 14.3 Å². The number of carbonyl (C=O) groups excluding carboxylic acids is 2. The van der Waals surface area contributed by atoms with E-state index in [1.54, 1.807) is 23.4 Å². The third-order valence-corrected chi connectivity index (χ3v) is 6.27. The van der Waals surface area contributed by atoms with E-state index in [4.69, 9.17) is 4.74 Å². The second-order valence-corrected chi connectivity index (χ2v) is 8.93. The van der Waals surface area contributed by atoms with Crippen LogP contribution < -0.4 is 15.0 Å². The van der Waals surface area contributed by atoms with Gasteiger partial charge >= 0.3 is 0 Å². The van der Waals surface area contributed by atoms with Crippen LogP contribution in [0.4, 0.5) is 5.69 Å². The lowest BCUT2D eigenvalue weighted by Gasteiger charge is -2.32. The van der Waals surface area contributed by atoms with Crippen LogP contribution in [0, 0.1) is 0 Å². The second kappa shape index (κ2) is 9.45. The molecule has 0 unspecified atom stereocenters. The van der Waals surface area contributed by atoms with Crippen LogP contribution in [-0.2, 0) is 23.3 Å². The molecule has 0 fully saturated rings. The zero-order valence-electron chi connectivity index (χ0n) is 19.3. The summed E-state index contributed by atoms with van der Waals surface area (Å²) in [6, 6.07) is 17.2. The molecule has 0 bridgehead atoms. The topological polar surface area (TPSA) is 71.5 Å². The van der Waals surface area contributed by atoms with Crippen LogP contribution in [0.25, 0.3) is 0 Å². The Morgan fingerprint density at radius 3 is 2.70 bits per heavy atom. The summed E-state index contributed by atoms with van der Waals surface area (Å²) < 4.78 is 5.68. The Morgan fingerprint density at radius 2 is 1.94 bits per heavy atom. The van der Waals surface area contributed by atoms with E-state index in [9.17, 15) is 9.59 Å². The number of aromatic nitrogens is 1. The second-order valence-electron chi connectivity index (χ2n) is 8.93. The number of nitrogens with zero attached hydrogens (tertiary/aromatic N) is 2. The van der Waals surface area contributed by atoms with Gasteiger partial charge < -0.3 is 15.0 Å². The largest absolute Gasteiger partial charge is 0.482 e. The van der Waals surface area contributed by atoms with Gasteiger partial charge in [0, 0.05) is 24.5 Å². The van der Waals surface area contributed by atoms with Crippen molar-refractivity contribution in [1.29, 1.82) is 0 Å². The minimum Gasteiger partial charge on any atom is -0.482 e. The quantitative estimate of drug-likeness (QED) is 0.578. The van der Waals surface area contributed by atoms with Gasteiger partial charge in [0.2, 0.25) is 0 Å². The van der Waals surface area contributed by atoms with Crippen LogP contribution in [0.3, 0.4) is 0 Å². The van der Waals surface area contributed by atoms with Gasteiger partial charge in [0.1, 0.15) is 5.75 Å². The number of benzene rings is 2. The lowest BCUT2D eigenvalue weighted by Crippen LogP contribution is -2.38. The fourth-order valence-corrected chi connectivity index (χ4v) is 3.78. The zero-order chi connectivity index (χ0) is 23.4. The summed E-state index contributed by atoms with van der Waals surface area (Å²) in [4.78, 5) is 31.3. The van der Waals surface area contributed by atoms with Gasteiger partial charge in [-0.2, -0.15) is 0 Å². The number of hydrogen-bond donors (Lipinski definition) is 1. The Balaban J connectivity index is 1.54. The molecule has 6 heteroatoms. The van der Waals surface area contributed by atoms with Crippen LogP contribution in [0.15, 0.2) is 67.0 Å². The molecule has 2 heterocycles. The van der Waals surface area contributed by atoms with Gasteiger partial charge in [-0.3, -0.25) is 14.6 Å². The summed E-state index contributed by atoms with van der Waals surface area (Å²) in [5.74, 6) is 0.442. The highest BCUT2D eigenvalue weighted by molar-refractivity contribution is 5.98. The van der Waals surface area contributed by atoms with Crippen molar-refractivity contribution in [3.8, 4) is 5.75 Å². The number of carbonyl (C=O) groups is 2. The highest BCUT2D eigenvalue weighted by Gasteiger charge is 2.28. The predicted octanol–water partition coefficient (Wildman–Crippen LogP) is 4.62. The van der Waals surface area contributed by atoms with Crippen LogP contribution in [0.2, 0.25) is 0 Å². The molecular formula is C27H29N3O3. The molecule has 0 atom stereocenters. The molecule has 0 radical (unpaired) electrons. The van der Waals surface area contributed by atoms with Crippen LogP contribution in [0.5, 0.6) is 5.75 Å². The third kappa shape index (κ3) is 5.06. The molecule has 170 valence electrons. The Labute approximate surface area is 194 Å². The standard InChI is InChI=1S/C27H29N3O3/c1-4-27(2,3)22-10-11-24-23(14-22)30(25(31)18-33-24)17-19-7-5-9-21(13-19)26(32)29-16-20-8-6-12-28-15-20/h5-15H,4,16-18H2,1-3H3,(H,29,32). The lowest BCUT2D eigenvalue weighted by atomic mass is 9.82. The summed E-state index contributed by atoms with van der Waals surface area (Å²) >= 11 is 0. The highest BCUT2D eigenvalue weighted by Crippen LogP contribution is 2.38. The molecule has 1 N–H and O–H groups in total. The van der Waals surface area contributed by atoms with Crippen LogP contribution in [0.1, 0.15) is 54.2 Å². The average Bonchev–Trinajstić information content (AvgIpc) is 2.84. The molecule has 3 aromatic rings. The first-order chi connectivity index (χ1) is 15.9. The van der Waals surface area contributed by atoms with Crippen LogP contribution in [-0.4, -0.2) is 23.4 Å². The molecule has 0 spiro atoms. The van der Waals surface area contributed by atoms with E-state index in [2.05, 4.69) is 43.2 Å². The number of nitrogens with one attached hydrogen (secondary N) is 1. The Kier molecular flexibility index (Phi) is 6.45. The number of rotatable bonds is 7. The van der Waals surface area contributed by atoms with Gasteiger partial charge in [0.05, 0.1) is 12.2 Å². The highest BCUT2D eigenvalue weighted by atomic mass is 16.5. The Bertz CT molecular complexity index is 1160. The first-order valence-corrected chi connectivity index (χ1v) is 11.2. The summed E-state index contributed by atoms with van der Waals surface area (Å²) in [6.45, 7) is 7.33. The summed E-state index contributed by atoms with van der Waals surface area (Å²) in [5, 5.41) is 2.92. The maximum absolute atomic E-state index is 12.8. The van der Waals surface area contributed by atoms with Crippen molar-refractivity contribution in [3.63, 3.8) is 0 Å². The SMILES string of the molecule is CCC(C)(C)c1ccc2c(c1)N(Cc1cccc(C(=O)NCc3cccnc3)c1)C(=O)CO2. The average molecular weight is 444 g/mol. The van der Waals surface area contributed by atoms with Crippen molar-refractivity contribution in [3.05, 3.63) is 89.2 Å². The van der Waals surface area contributed by atoms with Crippen molar-refractivity contribution in [2.24, 2.45) is 0 Å². The van der Waals surface area contributed by atoms with E-state index >= 15 is 0 Å². The molecule has 0 saturated heterocycles. The van der Waals surface area contributed by atoms with Gasteiger partial charge in [-0.1, -0.05) is 45.0 Å². The zero-order valence-corrected chi connectivity index (χ0v) is 19.3. The Morgan fingerprint density at radius 1 is 1.12 bits per heavy atom. The molecule has 6 nitrogen and oxygen atoms in total. The molecule has 4 rings (SSSR count). The minimum absolute atomic E-state index is 0.00648. The van der Waals surface area contributed by atoms with E-state index in [0.717, 1.165) is 28.8 Å². The first kappa shape index (κ1) is 22.5. The lowest BCUT2D eigenvalue weighted by molar-refractivity contribution is -0.121. The summed E-state index contributed by atoms with van der Waals surface area (Å²) in [6.07, 6.45) is 4.41. The van der Waals surface area contributed by atoms with Gasteiger partial charge in [0.25, 0.3) is 11.8 Å². The normalized spacial score (nSPS) is 13.3. The maximum atomic E-state index is 12.8. The van der Waals surface area contributed by atoms with E-state index in [0.29, 0.717) is 24.4 Å². The molecule has 2 amide bonds. The van der Waals surface area contributed by atoms with Gasteiger partial charge in [-0.05, 0) is 58.9 Å². The number of amides is 2. The van der Waals surface area contributed by atoms with E-state index < -0.39 is 0 Å². The smallest absolute Gasteiger partial charge is 0.265 e. The molecule has 33 heavy (non-hydrogen) atoms. The molecule has 1 aliphatic heterocycles. The van der Waals surface area contributed by atoms with Crippen LogP contribution >= 0.6 is 0 Å². The summed E-state index contributed by atoms with van der Waals surface area (Å²) in [7, 11) is 0. The summed E-state index contributed by atoms with van der Waals surface area (Å²) in [5.41, 5.74) is 4.30. The molecule has 0 saturated carbocycles. The number of fused-ring (bicyclic) bond motifs is 1. The Hall–Kier alpha value is -3.67. The molecule has 1 aromatic heterocycles. The molecule has 1 aliphatic rings. The molecule has 0 aliphatic carbocycles. The van der Waals surface area contributed by atoms with Crippen molar-refractivity contribution in [2.45, 2.75) is 45.7 Å². The molecular weight excluding hydrogens is 414 g/mol. The first-order valence-electron chi connectivity index (χ1n) is 11.2. The minimum atomic E-state index is -0.165. The van der Waals surface area contributed by atoms with E-state index in [1.165, 1.54) is 0 Å². The number of anilines is 1. The van der Waals surface area contributed by atoms with Crippen molar-refractivity contribution >= 4 is 17.5 Å². The maximum Gasteiger partial charge on any atom is 0.265 e. The fraction of sp³-hybridized carbons (Fsp3) is 0.296. The van der Waals surface area contributed by atoms with Crippen molar-refractivity contribution in [1.82, 2.24) is 10.3 Å². The van der Waals surface area contributed by atoms with Gasteiger partial charge in [-0.15, -0.1) is 0 Å². The number of ether oxygens (including phenoxy) is 1. The fourth-order valence-electron chi connectivity index (χ4n) is 3.78. The number of hydrogen-bond acceptors (Lipinski definition) is 4. The van der Waals surface area contributed by atoms with Gasteiger partial charge in [-0.25, -0.2) is 0 Å². The molecule has 2 aromatic carbocycles. The van der Waals surface area contributed by atoms with E-state index in [-0.39, 0.29) is 23.8 Å². The van der Waals surface area contributed by atoms with Crippen molar-refractivity contribution in [2.75, 3.05) is 11.5 Å². The van der Waals surface area contributed by atoms with Gasteiger partial charge in [0.15, 0.2) is 6.61 Å². The third-order valence-electron chi connectivity index (χ3n) is 6.27. The predicted molar refractivity (Wildman–Crippen MR) is 128 cm³/mol. The number of pyridine rings is 1. The van der Waals surface area contributed by atoms with E-state index in [1.807, 2.05) is 36.4 Å². The monoisotopic (exact) mass is 443 g/mol.